The number of nitrogens with zero attached hydrogens (tertiary/aromatic N) is 3. The van der Waals surface area contributed by atoms with E-state index < -0.39 is 0 Å². The Morgan fingerprint density at radius 3 is 2.63 bits per heavy atom. The Hall–Kier alpha value is -3.42. The third-order valence-electron chi connectivity index (χ3n) is 4.02. The third-order valence-corrected chi connectivity index (χ3v) is 4.02. The van der Waals surface area contributed by atoms with Gasteiger partial charge in [-0.15, -0.1) is 0 Å². The molecule has 0 saturated carbocycles. The molecule has 0 aliphatic carbocycles. The van der Waals surface area contributed by atoms with Gasteiger partial charge >= 0.3 is 0 Å². The lowest BCUT2D eigenvalue weighted by atomic mass is 10.1. The summed E-state index contributed by atoms with van der Waals surface area (Å²) in [6.45, 7) is 3.90. The molecule has 4 N–H and O–H groups in total. The second-order valence-corrected chi connectivity index (χ2v) is 6.35. The number of carbonyl (C=O) groups is 1. The van der Waals surface area contributed by atoms with Gasteiger partial charge in [-0.25, -0.2) is 4.98 Å². The Bertz CT molecular complexity index is 936. The van der Waals surface area contributed by atoms with Gasteiger partial charge in [0, 0.05) is 35.3 Å². The number of anilines is 1. The van der Waals surface area contributed by atoms with Crippen molar-refractivity contribution >= 4 is 11.9 Å². The predicted molar refractivity (Wildman–Crippen MR) is 102 cm³/mol. The minimum absolute atomic E-state index is 0.0363. The summed E-state index contributed by atoms with van der Waals surface area (Å²) in [5.41, 5.74) is 9.64. The first-order valence-electron chi connectivity index (χ1n) is 8.55. The molecule has 1 aromatic carbocycles. The molecule has 27 heavy (non-hydrogen) atoms. The van der Waals surface area contributed by atoms with E-state index in [9.17, 15) is 4.79 Å². The van der Waals surface area contributed by atoms with Crippen LogP contribution in [0.3, 0.4) is 0 Å². The Balaban J connectivity index is 1.67. The number of nitrogens with one attached hydrogen (secondary N) is 2. The van der Waals surface area contributed by atoms with Crippen molar-refractivity contribution in [1.29, 1.82) is 0 Å². The summed E-state index contributed by atoms with van der Waals surface area (Å²) in [6, 6.07) is 10.8. The highest BCUT2D eigenvalue weighted by Crippen LogP contribution is 2.22. The van der Waals surface area contributed by atoms with E-state index in [1.165, 1.54) is 7.11 Å². The van der Waals surface area contributed by atoms with Crippen LogP contribution in [0, 0.1) is 6.92 Å². The molecule has 0 bridgehead atoms. The van der Waals surface area contributed by atoms with Crippen LogP contribution in [0.2, 0.25) is 0 Å². The van der Waals surface area contributed by atoms with Gasteiger partial charge in [0.05, 0.1) is 18.5 Å². The maximum absolute atomic E-state index is 12.4. The van der Waals surface area contributed by atoms with E-state index in [0.29, 0.717) is 23.6 Å². The molecule has 8 nitrogen and oxygen atoms in total. The lowest BCUT2D eigenvalue weighted by Gasteiger charge is -2.13. The van der Waals surface area contributed by atoms with Crippen molar-refractivity contribution in [2.75, 3.05) is 12.8 Å². The molecule has 3 rings (SSSR count). The number of carbonyl (C=O) groups excluding carboxylic acids is 1. The van der Waals surface area contributed by atoms with Gasteiger partial charge in [-0.2, -0.15) is 10.1 Å². The number of hydrogen-bond acceptors (Lipinski definition) is 6. The second kappa shape index (κ2) is 7.86. The van der Waals surface area contributed by atoms with Gasteiger partial charge in [0.1, 0.15) is 0 Å². The lowest BCUT2D eigenvalue weighted by Crippen LogP contribution is -2.34. The molecule has 140 valence electrons. The van der Waals surface area contributed by atoms with Crippen LogP contribution in [0.25, 0.3) is 11.3 Å². The van der Waals surface area contributed by atoms with Gasteiger partial charge in [-0.3, -0.25) is 9.89 Å². The van der Waals surface area contributed by atoms with E-state index in [1.54, 1.807) is 18.2 Å². The summed E-state index contributed by atoms with van der Waals surface area (Å²) in [5.74, 6) is 0.386. The van der Waals surface area contributed by atoms with Gasteiger partial charge in [0.25, 0.3) is 5.91 Å². The zero-order valence-electron chi connectivity index (χ0n) is 15.5. The molecule has 1 atom stereocenters. The van der Waals surface area contributed by atoms with E-state index in [4.69, 9.17) is 10.5 Å². The number of nitrogen functional groups attached to an aromatic ring is 1. The Morgan fingerprint density at radius 1 is 1.26 bits per heavy atom. The SMILES string of the molecule is COc1cc(-c2ccc(C(=O)N[C@@H](C)Cc3cc(C)[nH]n3)cc2)nc(N)n1. The Morgan fingerprint density at radius 2 is 2.00 bits per heavy atom. The maximum Gasteiger partial charge on any atom is 0.251 e. The van der Waals surface area contributed by atoms with Crippen LogP contribution in [0.4, 0.5) is 5.95 Å². The van der Waals surface area contributed by atoms with Crippen molar-refractivity contribution in [3.8, 4) is 17.1 Å². The van der Waals surface area contributed by atoms with E-state index in [2.05, 4.69) is 25.5 Å². The standard InChI is InChI=1S/C19H22N6O2/c1-11(8-15-9-12(2)24-25-15)21-18(26)14-6-4-13(5-7-14)16-10-17(27-3)23-19(20)22-16/h4-7,9-11H,8H2,1-3H3,(H,21,26)(H,24,25)(H2,20,22,23)/t11-/m0/s1. The first kappa shape index (κ1) is 18.4. The molecular weight excluding hydrogens is 344 g/mol. The number of ether oxygens (including phenoxy) is 1. The molecule has 0 spiro atoms. The number of aromatic amines is 1. The number of hydrogen-bond donors (Lipinski definition) is 3. The summed E-state index contributed by atoms with van der Waals surface area (Å²) in [7, 11) is 1.52. The van der Waals surface area contributed by atoms with Crippen molar-refractivity contribution in [2.24, 2.45) is 0 Å². The molecule has 0 aliphatic rings. The fourth-order valence-corrected chi connectivity index (χ4v) is 2.74. The Labute approximate surface area is 157 Å². The first-order valence-corrected chi connectivity index (χ1v) is 8.55. The van der Waals surface area contributed by atoms with Gasteiger partial charge in [-0.1, -0.05) is 12.1 Å². The zero-order valence-corrected chi connectivity index (χ0v) is 15.5. The number of aromatic nitrogens is 4. The summed E-state index contributed by atoms with van der Waals surface area (Å²) < 4.78 is 5.11. The fourth-order valence-electron chi connectivity index (χ4n) is 2.74. The summed E-state index contributed by atoms with van der Waals surface area (Å²) >= 11 is 0. The molecule has 0 saturated heterocycles. The van der Waals surface area contributed by atoms with E-state index in [0.717, 1.165) is 17.0 Å². The molecule has 2 aromatic heterocycles. The van der Waals surface area contributed by atoms with E-state index in [-0.39, 0.29) is 17.9 Å². The van der Waals surface area contributed by atoms with Gasteiger partial charge in [0.2, 0.25) is 11.8 Å². The number of H-pyrrole nitrogens is 1. The monoisotopic (exact) mass is 366 g/mol. The van der Waals surface area contributed by atoms with Crippen molar-refractivity contribution in [1.82, 2.24) is 25.5 Å². The average molecular weight is 366 g/mol. The van der Waals surface area contributed by atoms with Crippen molar-refractivity contribution < 1.29 is 9.53 Å². The summed E-state index contributed by atoms with van der Waals surface area (Å²) in [6.07, 6.45) is 0.661. The van der Waals surface area contributed by atoms with Gasteiger partial charge in [0.15, 0.2) is 0 Å². The first-order chi connectivity index (χ1) is 12.9. The smallest absolute Gasteiger partial charge is 0.251 e. The molecule has 2 heterocycles. The van der Waals surface area contributed by atoms with E-state index in [1.807, 2.05) is 32.0 Å². The molecule has 1 amide bonds. The van der Waals surface area contributed by atoms with Crippen molar-refractivity contribution in [3.63, 3.8) is 0 Å². The molecule has 0 fully saturated rings. The van der Waals surface area contributed by atoms with Crippen LogP contribution in [0.15, 0.2) is 36.4 Å². The highest BCUT2D eigenvalue weighted by atomic mass is 16.5. The lowest BCUT2D eigenvalue weighted by molar-refractivity contribution is 0.0940. The maximum atomic E-state index is 12.4. The quantitative estimate of drug-likeness (QED) is 0.615. The molecule has 0 unspecified atom stereocenters. The van der Waals surface area contributed by atoms with Crippen LogP contribution in [0.1, 0.15) is 28.7 Å². The Kier molecular flexibility index (Phi) is 5.35. The van der Waals surface area contributed by atoms with Gasteiger partial charge in [-0.05, 0) is 32.0 Å². The van der Waals surface area contributed by atoms with Gasteiger partial charge < -0.3 is 15.8 Å². The highest BCUT2D eigenvalue weighted by Gasteiger charge is 2.12. The molecule has 0 radical (unpaired) electrons. The number of amides is 1. The second-order valence-electron chi connectivity index (χ2n) is 6.35. The molecule has 0 aliphatic heterocycles. The van der Waals surface area contributed by atoms with E-state index >= 15 is 0 Å². The number of nitrogens with two attached hydrogens (primary N) is 1. The minimum atomic E-state index is -0.138. The number of methoxy groups -OCH3 is 1. The number of rotatable bonds is 6. The van der Waals surface area contributed by atoms with Crippen LogP contribution in [-0.2, 0) is 6.42 Å². The zero-order chi connectivity index (χ0) is 19.4. The summed E-state index contributed by atoms with van der Waals surface area (Å²) in [4.78, 5) is 20.6. The fraction of sp³-hybridized carbons (Fsp3) is 0.263. The molecule has 8 heteroatoms. The topological polar surface area (TPSA) is 119 Å². The van der Waals surface area contributed by atoms with Crippen molar-refractivity contribution in [2.45, 2.75) is 26.3 Å². The number of benzene rings is 1. The molecular formula is C19H22N6O2. The molecule has 3 aromatic rings. The number of aryl methyl sites for hydroxylation is 1. The summed E-state index contributed by atoms with van der Waals surface area (Å²) in [5, 5.41) is 10.1. The minimum Gasteiger partial charge on any atom is -0.481 e. The highest BCUT2D eigenvalue weighted by molar-refractivity contribution is 5.94. The van der Waals surface area contributed by atoms with Crippen LogP contribution in [0.5, 0.6) is 5.88 Å². The third kappa shape index (κ3) is 4.60. The predicted octanol–water partition coefficient (Wildman–Crippen LogP) is 2.13. The van der Waals surface area contributed by atoms with Crippen molar-refractivity contribution in [3.05, 3.63) is 53.3 Å². The van der Waals surface area contributed by atoms with Crippen LogP contribution in [-0.4, -0.2) is 39.2 Å². The normalized spacial score (nSPS) is 11.8. The largest absolute Gasteiger partial charge is 0.481 e. The van der Waals surface area contributed by atoms with Crippen LogP contribution < -0.4 is 15.8 Å². The average Bonchev–Trinajstić information content (AvgIpc) is 3.05. The van der Waals surface area contributed by atoms with Crippen LogP contribution >= 0.6 is 0 Å².